The number of benzene rings is 3. The van der Waals surface area contributed by atoms with Gasteiger partial charge < -0.3 is 15.4 Å². The van der Waals surface area contributed by atoms with Gasteiger partial charge in [-0.25, -0.2) is 17.6 Å². The number of carbonyl (C=O) groups excluding carboxylic acids is 1. The molecule has 1 fully saturated rings. The van der Waals surface area contributed by atoms with E-state index in [1.807, 2.05) is 6.92 Å². The molecule has 0 aliphatic carbocycles. The number of morpholine rings is 1. The van der Waals surface area contributed by atoms with Crippen LogP contribution in [0.25, 0.3) is 0 Å². The van der Waals surface area contributed by atoms with Crippen molar-refractivity contribution in [3.63, 3.8) is 0 Å². The molecule has 1 heterocycles. The van der Waals surface area contributed by atoms with E-state index in [0.717, 1.165) is 6.07 Å². The van der Waals surface area contributed by atoms with Crippen molar-refractivity contribution in [3.05, 3.63) is 101 Å². The van der Waals surface area contributed by atoms with Crippen LogP contribution in [0.15, 0.2) is 60.7 Å². The summed E-state index contributed by atoms with van der Waals surface area (Å²) in [5.74, 6) is -4.43. The number of amides is 1. The Kier molecular flexibility index (Phi) is 8.38. The summed E-state index contributed by atoms with van der Waals surface area (Å²) in [5, 5.41) is 6.06. The molecule has 4 nitrogen and oxygen atoms in total. The summed E-state index contributed by atoms with van der Waals surface area (Å²) in [6.45, 7) is 3.26. The highest BCUT2D eigenvalue weighted by Crippen LogP contribution is 2.32. The SMILES string of the molecule is C[C@H]1CO[C@H](CCc2c(F)cccc2NC(=O)C[C@@H](c2ccc(F)cc2)c2cccc(F)c2F)CN1. The molecule has 0 aromatic heterocycles. The highest BCUT2D eigenvalue weighted by atomic mass is 19.2. The Balaban J connectivity index is 1.52. The van der Waals surface area contributed by atoms with Crippen LogP contribution < -0.4 is 10.6 Å². The molecule has 1 aliphatic rings. The molecule has 1 aliphatic heterocycles. The minimum absolute atomic E-state index is 0.0209. The standard InChI is InChI=1S/C28H28F4N2O2/c1-17-16-36-20(15-33-17)12-13-22-24(30)5-3-7-26(22)34-27(35)14-23(18-8-10-19(29)11-9-18)21-4-2-6-25(31)28(21)32/h2-11,17,20,23,33H,12-16H2,1H3,(H,34,35)/t17-,20+,23-/m0/s1. The molecule has 3 aromatic carbocycles. The summed E-state index contributed by atoms with van der Waals surface area (Å²) in [6.07, 6.45) is 0.595. The van der Waals surface area contributed by atoms with Gasteiger partial charge in [-0.05, 0) is 61.2 Å². The van der Waals surface area contributed by atoms with Gasteiger partial charge in [0.25, 0.3) is 0 Å². The topological polar surface area (TPSA) is 50.4 Å². The van der Waals surface area contributed by atoms with Gasteiger partial charge in [-0.15, -0.1) is 0 Å². The second-order valence-corrected chi connectivity index (χ2v) is 9.07. The maximum Gasteiger partial charge on any atom is 0.225 e. The van der Waals surface area contributed by atoms with Crippen molar-refractivity contribution in [1.82, 2.24) is 5.32 Å². The van der Waals surface area contributed by atoms with Crippen LogP contribution in [0.1, 0.15) is 42.4 Å². The van der Waals surface area contributed by atoms with Crippen molar-refractivity contribution < 1.29 is 27.1 Å². The maximum atomic E-state index is 14.7. The van der Waals surface area contributed by atoms with Gasteiger partial charge in [-0.1, -0.05) is 30.3 Å². The maximum absolute atomic E-state index is 14.7. The van der Waals surface area contributed by atoms with E-state index in [2.05, 4.69) is 10.6 Å². The van der Waals surface area contributed by atoms with Crippen LogP contribution >= 0.6 is 0 Å². The van der Waals surface area contributed by atoms with Crippen molar-refractivity contribution in [2.24, 2.45) is 0 Å². The zero-order valence-corrected chi connectivity index (χ0v) is 19.9. The fourth-order valence-corrected chi connectivity index (χ4v) is 4.43. The molecule has 8 heteroatoms. The van der Waals surface area contributed by atoms with Gasteiger partial charge in [-0.2, -0.15) is 0 Å². The second-order valence-electron chi connectivity index (χ2n) is 9.07. The Hall–Kier alpha value is -3.23. The monoisotopic (exact) mass is 500 g/mol. The van der Waals surface area contributed by atoms with E-state index >= 15 is 0 Å². The smallest absolute Gasteiger partial charge is 0.225 e. The first kappa shape index (κ1) is 25.9. The van der Waals surface area contributed by atoms with E-state index in [1.165, 1.54) is 48.5 Å². The minimum atomic E-state index is -1.07. The molecule has 0 saturated carbocycles. The minimum Gasteiger partial charge on any atom is -0.375 e. The third kappa shape index (κ3) is 6.30. The van der Waals surface area contributed by atoms with Crippen LogP contribution in [0.3, 0.4) is 0 Å². The molecule has 3 atom stereocenters. The number of carbonyl (C=O) groups is 1. The number of halogens is 4. The number of ether oxygens (including phenoxy) is 1. The van der Waals surface area contributed by atoms with E-state index in [9.17, 15) is 22.4 Å². The summed E-state index contributed by atoms with van der Waals surface area (Å²) in [6, 6.07) is 13.7. The molecule has 0 bridgehead atoms. The molecule has 1 amide bonds. The molecule has 0 spiro atoms. The van der Waals surface area contributed by atoms with Crippen LogP contribution in [0, 0.1) is 23.3 Å². The molecule has 1 saturated heterocycles. The number of anilines is 1. The lowest BCUT2D eigenvalue weighted by molar-refractivity contribution is -0.116. The largest absolute Gasteiger partial charge is 0.375 e. The Bertz CT molecular complexity index is 1190. The van der Waals surface area contributed by atoms with E-state index in [1.54, 1.807) is 6.07 Å². The Morgan fingerprint density at radius 1 is 1.03 bits per heavy atom. The molecule has 190 valence electrons. The quantitative estimate of drug-likeness (QED) is 0.390. The van der Waals surface area contributed by atoms with Gasteiger partial charge in [0.15, 0.2) is 11.6 Å². The van der Waals surface area contributed by atoms with Crippen LogP contribution in [-0.2, 0) is 16.0 Å². The van der Waals surface area contributed by atoms with Crippen LogP contribution in [-0.4, -0.2) is 31.2 Å². The lowest BCUT2D eigenvalue weighted by Gasteiger charge is -2.28. The highest BCUT2D eigenvalue weighted by molar-refractivity contribution is 5.92. The summed E-state index contributed by atoms with van der Waals surface area (Å²) in [7, 11) is 0. The molecule has 0 radical (unpaired) electrons. The Labute approximate surface area is 207 Å². The van der Waals surface area contributed by atoms with Crippen LogP contribution in [0.4, 0.5) is 23.2 Å². The fourth-order valence-electron chi connectivity index (χ4n) is 4.43. The molecule has 36 heavy (non-hydrogen) atoms. The Morgan fingerprint density at radius 3 is 2.47 bits per heavy atom. The number of nitrogens with one attached hydrogen (secondary N) is 2. The van der Waals surface area contributed by atoms with Gasteiger partial charge in [-0.3, -0.25) is 4.79 Å². The van der Waals surface area contributed by atoms with Crippen molar-refractivity contribution in [3.8, 4) is 0 Å². The van der Waals surface area contributed by atoms with Gasteiger partial charge in [0.05, 0.1) is 12.7 Å². The van der Waals surface area contributed by atoms with Gasteiger partial charge in [0, 0.05) is 36.2 Å². The summed E-state index contributed by atoms with van der Waals surface area (Å²) >= 11 is 0. The third-order valence-corrected chi connectivity index (χ3v) is 6.40. The second kappa shape index (κ2) is 11.7. The average molecular weight is 501 g/mol. The first-order chi connectivity index (χ1) is 17.3. The first-order valence-corrected chi connectivity index (χ1v) is 11.9. The Morgan fingerprint density at radius 2 is 1.75 bits per heavy atom. The van der Waals surface area contributed by atoms with Crippen molar-refractivity contribution in [2.75, 3.05) is 18.5 Å². The summed E-state index contributed by atoms with van der Waals surface area (Å²) < 4.78 is 62.6. The lowest BCUT2D eigenvalue weighted by atomic mass is 9.87. The average Bonchev–Trinajstić information content (AvgIpc) is 2.86. The highest BCUT2D eigenvalue weighted by Gasteiger charge is 2.24. The molecule has 0 unspecified atom stereocenters. The van der Waals surface area contributed by atoms with Gasteiger partial charge in [0.1, 0.15) is 11.6 Å². The predicted octanol–water partition coefficient (Wildman–Crippen LogP) is 5.71. The zero-order valence-electron chi connectivity index (χ0n) is 19.9. The number of hydrogen-bond donors (Lipinski definition) is 2. The third-order valence-electron chi connectivity index (χ3n) is 6.40. The predicted molar refractivity (Wildman–Crippen MR) is 130 cm³/mol. The molecular formula is C28H28F4N2O2. The van der Waals surface area contributed by atoms with Crippen LogP contribution in [0.2, 0.25) is 0 Å². The van der Waals surface area contributed by atoms with Crippen LogP contribution in [0.5, 0.6) is 0 Å². The first-order valence-electron chi connectivity index (χ1n) is 11.9. The lowest BCUT2D eigenvalue weighted by Crippen LogP contribution is -2.44. The van der Waals surface area contributed by atoms with E-state index in [-0.39, 0.29) is 24.1 Å². The molecule has 3 aromatic rings. The van der Waals surface area contributed by atoms with Gasteiger partial charge >= 0.3 is 0 Å². The van der Waals surface area contributed by atoms with Gasteiger partial charge in [0.2, 0.25) is 5.91 Å². The van der Waals surface area contributed by atoms with Crippen molar-refractivity contribution >= 4 is 11.6 Å². The van der Waals surface area contributed by atoms with Crippen molar-refractivity contribution in [1.29, 1.82) is 0 Å². The summed E-state index contributed by atoms with van der Waals surface area (Å²) in [5.41, 5.74) is 1.09. The molecule has 4 rings (SSSR count). The molecule has 2 N–H and O–H groups in total. The molecular weight excluding hydrogens is 472 g/mol. The number of rotatable bonds is 8. The van der Waals surface area contributed by atoms with E-state index < -0.39 is 35.1 Å². The fraction of sp³-hybridized carbons (Fsp3) is 0.321. The van der Waals surface area contributed by atoms with E-state index in [4.69, 9.17) is 4.74 Å². The summed E-state index contributed by atoms with van der Waals surface area (Å²) in [4.78, 5) is 13.1. The van der Waals surface area contributed by atoms with E-state index in [0.29, 0.717) is 42.8 Å². The normalized spacial score (nSPS) is 18.6. The number of hydrogen-bond acceptors (Lipinski definition) is 3. The van der Waals surface area contributed by atoms with Crippen molar-refractivity contribution in [2.45, 2.75) is 44.2 Å². The zero-order chi connectivity index (χ0) is 25.7.